The normalized spacial score (nSPS) is 9.88. The number of hydrogen-bond acceptors (Lipinski definition) is 1. The molecule has 1 heterocycles. The highest BCUT2D eigenvalue weighted by Crippen LogP contribution is 2.14. The Balaban J connectivity index is 3.14. The Morgan fingerprint density at radius 3 is 2.50 bits per heavy atom. The van der Waals surface area contributed by atoms with Gasteiger partial charge in [-0.05, 0) is 29.5 Å². The Kier molecular flexibility index (Phi) is 1.55. The summed E-state index contributed by atoms with van der Waals surface area (Å²) in [5.74, 6) is 0. The molecule has 1 nitrogen and oxygen atoms in total. The summed E-state index contributed by atoms with van der Waals surface area (Å²) in [7, 11) is 0. The molecular formula is C5H4FIO. The molecule has 0 fully saturated rings. The number of furan rings is 1. The molecule has 8 heavy (non-hydrogen) atoms. The average Bonchev–Trinajstić information content (AvgIpc) is 1.85. The van der Waals surface area contributed by atoms with Crippen molar-refractivity contribution in [3.8, 4) is 0 Å². The van der Waals surface area contributed by atoms with Crippen LogP contribution >= 0.6 is 22.6 Å². The molecule has 0 saturated heterocycles. The molecule has 1 aromatic rings. The van der Waals surface area contributed by atoms with E-state index in [-0.39, 0.29) is 0 Å². The van der Waals surface area contributed by atoms with Crippen LogP contribution in [0.3, 0.4) is 0 Å². The van der Waals surface area contributed by atoms with E-state index in [4.69, 9.17) is 0 Å². The second-order valence-corrected chi connectivity index (χ2v) is 2.49. The molecule has 0 aliphatic carbocycles. The minimum atomic E-state index is -0.508. The highest BCUT2D eigenvalue weighted by molar-refractivity contribution is 14.1. The standard InChI is InChI=1S/C5H4FIO/c1-3-2-4(6)8-5(3)7/h2H,1H3. The van der Waals surface area contributed by atoms with Crippen molar-refractivity contribution >= 4 is 22.6 Å². The van der Waals surface area contributed by atoms with Gasteiger partial charge in [-0.1, -0.05) is 0 Å². The molecule has 0 aromatic carbocycles. The van der Waals surface area contributed by atoms with Gasteiger partial charge >= 0.3 is 0 Å². The SMILES string of the molecule is Cc1cc(F)oc1I. The van der Waals surface area contributed by atoms with Crippen molar-refractivity contribution in [1.82, 2.24) is 0 Å². The zero-order chi connectivity index (χ0) is 6.15. The van der Waals surface area contributed by atoms with Gasteiger partial charge in [0.15, 0.2) is 3.77 Å². The van der Waals surface area contributed by atoms with Crippen LogP contribution in [0.2, 0.25) is 0 Å². The van der Waals surface area contributed by atoms with E-state index in [0.717, 1.165) is 5.56 Å². The van der Waals surface area contributed by atoms with E-state index < -0.39 is 6.01 Å². The van der Waals surface area contributed by atoms with Crippen molar-refractivity contribution in [2.24, 2.45) is 0 Å². The fourth-order valence-electron chi connectivity index (χ4n) is 0.423. The highest BCUT2D eigenvalue weighted by atomic mass is 127. The molecule has 44 valence electrons. The van der Waals surface area contributed by atoms with Crippen molar-refractivity contribution < 1.29 is 8.81 Å². The Hall–Kier alpha value is -0.0600. The van der Waals surface area contributed by atoms with Crippen LogP contribution in [0.5, 0.6) is 0 Å². The smallest absolute Gasteiger partial charge is 0.278 e. The van der Waals surface area contributed by atoms with E-state index in [2.05, 4.69) is 4.42 Å². The van der Waals surface area contributed by atoms with Crippen molar-refractivity contribution in [3.05, 3.63) is 21.4 Å². The van der Waals surface area contributed by atoms with Gasteiger partial charge in [-0.3, -0.25) is 0 Å². The topological polar surface area (TPSA) is 13.1 Å². The number of aryl methyl sites for hydroxylation is 1. The molecule has 3 heteroatoms. The maximum atomic E-state index is 12.0. The lowest BCUT2D eigenvalue weighted by atomic mass is 10.4. The third-order valence-electron chi connectivity index (χ3n) is 0.827. The van der Waals surface area contributed by atoms with Gasteiger partial charge in [0, 0.05) is 11.6 Å². The molecule has 0 aliphatic heterocycles. The molecule has 0 unspecified atom stereocenters. The second kappa shape index (κ2) is 2.05. The summed E-state index contributed by atoms with van der Waals surface area (Å²) >= 11 is 1.94. The first-order valence-corrected chi connectivity index (χ1v) is 3.19. The lowest BCUT2D eigenvalue weighted by Gasteiger charge is -1.76. The highest BCUT2D eigenvalue weighted by Gasteiger charge is 2.00. The van der Waals surface area contributed by atoms with E-state index >= 15 is 0 Å². The Bertz CT molecular complexity index is 175. The van der Waals surface area contributed by atoms with Gasteiger partial charge in [0.1, 0.15) is 0 Å². The largest absolute Gasteiger partial charge is 0.425 e. The maximum absolute atomic E-state index is 12.0. The summed E-state index contributed by atoms with van der Waals surface area (Å²) in [5.41, 5.74) is 0.850. The minimum absolute atomic E-state index is 0.508. The van der Waals surface area contributed by atoms with E-state index in [1.54, 1.807) is 6.92 Å². The molecule has 0 bridgehead atoms. The number of rotatable bonds is 0. The molecule has 1 rings (SSSR count). The molecule has 0 amide bonds. The molecule has 0 atom stereocenters. The van der Waals surface area contributed by atoms with Crippen LogP contribution in [0.4, 0.5) is 4.39 Å². The summed E-state index contributed by atoms with van der Waals surface area (Å²) in [4.78, 5) is 0. The van der Waals surface area contributed by atoms with Crippen molar-refractivity contribution in [3.63, 3.8) is 0 Å². The van der Waals surface area contributed by atoms with Crippen molar-refractivity contribution in [2.75, 3.05) is 0 Å². The van der Waals surface area contributed by atoms with Gasteiger partial charge in [0.2, 0.25) is 0 Å². The van der Waals surface area contributed by atoms with Crippen LogP contribution in [0.15, 0.2) is 10.5 Å². The number of hydrogen-bond donors (Lipinski definition) is 0. The van der Waals surface area contributed by atoms with E-state index in [0.29, 0.717) is 3.77 Å². The zero-order valence-electron chi connectivity index (χ0n) is 4.24. The zero-order valence-corrected chi connectivity index (χ0v) is 6.40. The Labute approximate surface area is 60.0 Å². The quantitative estimate of drug-likeness (QED) is 0.618. The van der Waals surface area contributed by atoms with E-state index in [1.807, 2.05) is 22.6 Å². The van der Waals surface area contributed by atoms with Gasteiger partial charge in [0.05, 0.1) is 0 Å². The van der Waals surface area contributed by atoms with Gasteiger partial charge in [-0.25, -0.2) is 0 Å². The molecular weight excluding hydrogens is 222 g/mol. The predicted octanol–water partition coefficient (Wildman–Crippen LogP) is 2.33. The summed E-state index contributed by atoms with van der Waals surface area (Å²) in [6.45, 7) is 1.80. The van der Waals surface area contributed by atoms with Crippen LogP contribution < -0.4 is 0 Å². The van der Waals surface area contributed by atoms with Crippen LogP contribution in [0.1, 0.15) is 5.56 Å². The van der Waals surface area contributed by atoms with E-state index in [9.17, 15) is 4.39 Å². The monoisotopic (exact) mass is 226 g/mol. The second-order valence-electron chi connectivity index (χ2n) is 1.51. The fourth-order valence-corrected chi connectivity index (χ4v) is 0.789. The summed E-state index contributed by atoms with van der Waals surface area (Å²) in [6, 6.07) is 0.855. The minimum Gasteiger partial charge on any atom is -0.425 e. The lowest BCUT2D eigenvalue weighted by molar-refractivity contribution is 0.345. The first kappa shape index (κ1) is 6.07. The van der Waals surface area contributed by atoms with Crippen molar-refractivity contribution in [1.29, 1.82) is 0 Å². The van der Waals surface area contributed by atoms with Crippen LogP contribution in [0.25, 0.3) is 0 Å². The van der Waals surface area contributed by atoms with Gasteiger partial charge in [0.25, 0.3) is 6.01 Å². The summed E-state index contributed by atoms with van der Waals surface area (Å²) in [5, 5.41) is 0. The maximum Gasteiger partial charge on any atom is 0.278 e. The van der Waals surface area contributed by atoms with Crippen LogP contribution in [0, 0.1) is 16.7 Å². The molecule has 1 aromatic heterocycles. The van der Waals surface area contributed by atoms with Gasteiger partial charge in [-0.15, -0.1) is 0 Å². The predicted molar refractivity (Wildman–Crippen MR) is 36.1 cm³/mol. The first-order chi connectivity index (χ1) is 3.70. The van der Waals surface area contributed by atoms with Gasteiger partial charge < -0.3 is 4.42 Å². The summed E-state index contributed by atoms with van der Waals surface area (Å²) < 4.78 is 17.2. The average molecular weight is 226 g/mol. The third kappa shape index (κ3) is 1.02. The first-order valence-electron chi connectivity index (χ1n) is 2.11. The Morgan fingerprint density at radius 1 is 1.75 bits per heavy atom. The molecule has 0 saturated carbocycles. The third-order valence-corrected chi connectivity index (χ3v) is 1.90. The van der Waals surface area contributed by atoms with Gasteiger partial charge in [-0.2, -0.15) is 4.39 Å². The summed E-state index contributed by atoms with van der Waals surface area (Å²) in [6.07, 6.45) is 0. The number of halogens is 2. The van der Waals surface area contributed by atoms with Crippen molar-refractivity contribution in [2.45, 2.75) is 6.92 Å². The molecule has 0 aliphatic rings. The molecule has 0 radical (unpaired) electrons. The lowest BCUT2D eigenvalue weighted by Crippen LogP contribution is -1.62. The van der Waals surface area contributed by atoms with E-state index in [1.165, 1.54) is 6.07 Å². The van der Waals surface area contributed by atoms with Crippen LogP contribution in [-0.2, 0) is 0 Å². The fraction of sp³-hybridized carbons (Fsp3) is 0.200. The Morgan fingerprint density at radius 2 is 2.38 bits per heavy atom. The molecule has 0 N–H and O–H groups in total. The van der Waals surface area contributed by atoms with Crippen LogP contribution in [-0.4, -0.2) is 0 Å². The molecule has 0 spiro atoms.